The van der Waals surface area contributed by atoms with Crippen LogP contribution in [0.3, 0.4) is 0 Å². The fourth-order valence-corrected chi connectivity index (χ4v) is 3.03. The van der Waals surface area contributed by atoms with Crippen molar-refractivity contribution in [2.24, 2.45) is 5.92 Å². The number of carboxylic acid groups (broad SMARTS) is 1. The van der Waals surface area contributed by atoms with E-state index < -0.39 is 23.8 Å². The van der Waals surface area contributed by atoms with Gasteiger partial charge in [0.2, 0.25) is 11.8 Å². The second kappa shape index (κ2) is 7.86. The Hall–Kier alpha value is -3.09. The molecular weight excluding hydrogens is 336 g/mol. The van der Waals surface area contributed by atoms with Crippen LogP contribution < -0.4 is 5.32 Å². The van der Waals surface area contributed by atoms with Crippen molar-refractivity contribution in [3.05, 3.63) is 60.1 Å². The van der Waals surface area contributed by atoms with Gasteiger partial charge in [-0.15, -0.1) is 0 Å². The van der Waals surface area contributed by atoms with Gasteiger partial charge < -0.3 is 19.7 Å². The molecule has 1 aliphatic rings. The van der Waals surface area contributed by atoms with Gasteiger partial charge in [-0.05, 0) is 17.7 Å². The average molecular weight is 356 g/mol. The molecule has 0 spiro atoms. The van der Waals surface area contributed by atoms with Crippen molar-refractivity contribution in [3.8, 4) is 0 Å². The van der Waals surface area contributed by atoms with Crippen LogP contribution >= 0.6 is 0 Å². The number of likely N-dealkylation sites (tertiary alicyclic amines) is 1. The molecule has 1 unspecified atom stereocenters. The van der Waals surface area contributed by atoms with E-state index in [9.17, 15) is 19.5 Å². The summed E-state index contributed by atoms with van der Waals surface area (Å²) in [7, 11) is 0. The molecule has 1 aromatic heterocycles. The number of furan rings is 1. The second-order valence-corrected chi connectivity index (χ2v) is 6.34. The minimum absolute atomic E-state index is 0.0736. The Bertz CT molecular complexity index is 772. The molecule has 2 heterocycles. The molecular formula is C19H20N2O5. The van der Waals surface area contributed by atoms with Crippen molar-refractivity contribution in [2.45, 2.75) is 25.4 Å². The molecule has 0 bridgehead atoms. The minimum atomic E-state index is -1.10. The van der Waals surface area contributed by atoms with E-state index in [1.54, 1.807) is 17.0 Å². The summed E-state index contributed by atoms with van der Waals surface area (Å²) in [5, 5.41) is 12.0. The smallest absolute Gasteiger partial charge is 0.326 e. The van der Waals surface area contributed by atoms with Gasteiger partial charge in [0, 0.05) is 19.4 Å². The van der Waals surface area contributed by atoms with Crippen LogP contribution in [0.2, 0.25) is 0 Å². The molecule has 0 saturated carbocycles. The van der Waals surface area contributed by atoms with E-state index in [4.69, 9.17) is 4.42 Å². The molecule has 1 fully saturated rings. The fourth-order valence-electron chi connectivity index (χ4n) is 3.03. The van der Waals surface area contributed by atoms with Gasteiger partial charge in [-0.3, -0.25) is 9.59 Å². The predicted molar refractivity (Wildman–Crippen MR) is 91.9 cm³/mol. The quantitative estimate of drug-likeness (QED) is 0.782. The Morgan fingerprint density at radius 3 is 2.65 bits per heavy atom. The summed E-state index contributed by atoms with van der Waals surface area (Å²) in [5.74, 6) is -1.57. The number of carbonyl (C=O) groups excluding carboxylic acids is 2. The number of nitrogens with one attached hydrogen (secondary N) is 1. The first-order valence-electron chi connectivity index (χ1n) is 8.40. The molecule has 1 aromatic carbocycles. The minimum Gasteiger partial charge on any atom is -0.480 e. The molecule has 2 N–H and O–H groups in total. The van der Waals surface area contributed by atoms with Gasteiger partial charge in [0.25, 0.3) is 0 Å². The topological polar surface area (TPSA) is 99.8 Å². The van der Waals surface area contributed by atoms with Crippen LogP contribution in [0.25, 0.3) is 0 Å². The van der Waals surface area contributed by atoms with E-state index in [0.717, 1.165) is 5.56 Å². The van der Waals surface area contributed by atoms with Crippen molar-refractivity contribution in [1.29, 1.82) is 0 Å². The molecule has 136 valence electrons. The zero-order chi connectivity index (χ0) is 18.5. The number of nitrogens with zero attached hydrogens (tertiary/aromatic N) is 1. The van der Waals surface area contributed by atoms with E-state index in [1.807, 2.05) is 30.3 Å². The molecule has 26 heavy (non-hydrogen) atoms. The number of carboxylic acids is 1. The molecule has 2 atom stereocenters. The van der Waals surface area contributed by atoms with Crippen molar-refractivity contribution in [3.63, 3.8) is 0 Å². The molecule has 2 aromatic rings. The monoisotopic (exact) mass is 356 g/mol. The molecule has 3 rings (SSSR count). The molecule has 0 radical (unpaired) electrons. The number of aliphatic carboxylic acids is 1. The van der Waals surface area contributed by atoms with Gasteiger partial charge >= 0.3 is 5.97 Å². The number of hydrogen-bond acceptors (Lipinski definition) is 4. The highest BCUT2D eigenvalue weighted by molar-refractivity contribution is 5.91. The Labute approximate surface area is 150 Å². The van der Waals surface area contributed by atoms with Gasteiger partial charge in [0.15, 0.2) is 0 Å². The maximum Gasteiger partial charge on any atom is 0.326 e. The molecule has 1 aliphatic heterocycles. The largest absolute Gasteiger partial charge is 0.480 e. The van der Waals surface area contributed by atoms with Gasteiger partial charge in [-0.1, -0.05) is 30.3 Å². The van der Waals surface area contributed by atoms with Crippen molar-refractivity contribution in [2.75, 3.05) is 6.54 Å². The highest BCUT2D eigenvalue weighted by Gasteiger charge is 2.36. The van der Waals surface area contributed by atoms with E-state index >= 15 is 0 Å². The Balaban J connectivity index is 1.59. The fraction of sp³-hybridized carbons (Fsp3) is 0.316. The Morgan fingerprint density at radius 1 is 1.23 bits per heavy atom. The first kappa shape index (κ1) is 17.7. The summed E-state index contributed by atoms with van der Waals surface area (Å²) < 4.78 is 5.23. The first-order valence-corrected chi connectivity index (χ1v) is 8.40. The van der Waals surface area contributed by atoms with E-state index in [1.165, 1.54) is 6.26 Å². The van der Waals surface area contributed by atoms with Crippen LogP contribution in [-0.4, -0.2) is 40.4 Å². The third-order valence-electron chi connectivity index (χ3n) is 4.41. The lowest BCUT2D eigenvalue weighted by Crippen LogP contribution is -2.45. The Morgan fingerprint density at radius 2 is 2.00 bits per heavy atom. The summed E-state index contributed by atoms with van der Waals surface area (Å²) in [6.45, 7) is 0.561. The molecule has 1 saturated heterocycles. The van der Waals surface area contributed by atoms with Crippen LogP contribution in [0.15, 0.2) is 53.1 Å². The number of amides is 2. The van der Waals surface area contributed by atoms with Crippen molar-refractivity contribution < 1.29 is 23.9 Å². The average Bonchev–Trinajstić information content (AvgIpc) is 3.26. The SMILES string of the molecule is O=C(N[C@@H](Cc1ccccc1)C(=O)O)C1CC(=O)N(Cc2ccco2)C1. The summed E-state index contributed by atoms with van der Waals surface area (Å²) in [4.78, 5) is 37.6. The third-order valence-corrected chi connectivity index (χ3v) is 4.41. The highest BCUT2D eigenvalue weighted by atomic mass is 16.4. The standard InChI is InChI=1S/C19H20N2O5/c22-17-10-14(11-21(17)12-15-7-4-8-26-15)18(23)20-16(19(24)25)9-13-5-2-1-3-6-13/h1-8,14,16H,9-12H2,(H,20,23)(H,24,25)/t14?,16-/m0/s1. The van der Waals surface area contributed by atoms with Crippen molar-refractivity contribution in [1.82, 2.24) is 10.2 Å². The third kappa shape index (κ3) is 4.30. The lowest BCUT2D eigenvalue weighted by molar-refractivity contribution is -0.142. The predicted octanol–water partition coefficient (Wildman–Crippen LogP) is 1.44. The summed E-state index contributed by atoms with van der Waals surface area (Å²) in [6.07, 6.45) is 1.80. The lowest BCUT2D eigenvalue weighted by Gasteiger charge is -2.18. The first-order chi connectivity index (χ1) is 12.5. The van der Waals surface area contributed by atoms with Gasteiger partial charge in [-0.2, -0.15) is 0 Å². The number of carbonyl (C=O) groups is 3. The van der Waals surface area contributed by atoms with Gasteiger partial charge in [0.05, 0.1) is 18.7 Å². The van der Waals surface area contributed by atoms with Gasteiger partial charge in [0.1, 0.15) is 11.8 Å². The maximum atomic E-state index is 12.5. The molecule has 7 nitrogen and oxygen atoms in total. The zero-order valence-corrected chi connectivity index (χ0v) is 14.1. The second-order valence-electron chi connectivity index (χ2n) is 6.34. The highest BCUT2D eigenvalue weighted by Crippen LogP contribution is 2.21. The normalized spacial score (nSPS) is 17.9. The summed E-state index contributed by atoms with van der Waals surface area (Å²) in [6, 6.07) is 11.6. The number of rotatable bonds is 7. The Kier molecular flexibility index (Phi) is 5.36. The molecule has 2 amide bonds. The molecule has 0 aliphatic carbocycles. The maximum absolute atomic E-state index is 12.5. The van der Waals surface area contributed by atoms with E-state index in [0.29, 0.717) is 12.3 Å². The van der Waals surface area contributed by atoms with Crippen molar-refractivity contribution >= 4 is 17.8 Å². The van der Waals surface area contributed by atoms with E-state index in [-0.39, 0.29) is 25.3 Å². The van der Waals surface area contributed by atoms with Crippen LogP contribution in [0.4, 0.5) is 0 Å². The lowest BCUT2D eigenvalue weighted by atomic mass is 10.0. The van der Waals surface area contributed by atoms with Crippen LogP contribution in [0.5, 0.6) is 0 Å². The number of benzene rings is 1. The summed E-state index contributed by atoms with van der Waals surface area (Å²) in [5.41, 5.74) is 0.821. The van der Waals surface area contributed by atoms with Crippen LogP contribution in [0, 0.1) is 5.92 Å². The zero-order valence-electron chi connectivity index (χ0n) is 14.1. The van der Waals surface area contributed by atoms with Gasteiger partial charge in [-0.25, -0.2) is 4.79 Å². The van der Waals surface area contributed by atoms with E-state index in [2.05, 4.69) is 5.32 Å². The van der Waals surface area contributed by atoms with Crippen LogP contribution in [-0.2, 0) is 27.3 Å². The molecule has 7 heteroatoms. The van der Waals surface area contributed by atoms with Crippen LogP contribution in [0.1, 0.15) is 17.7 Å². The number of hydrogen-bond donors (Lipinski definition) is 2. The summed E-state index contributed by atoms with van der Waals surface area (Å²) >= 11 is 0.